The number of carbonyl (C=O) groups excluding carboxylic acids is 1. The normalized spacial score (nSPS) is 16.1. The summed E-state index contributed by atoms with van der Waals surface area (Å²) in [5.74, 6) is -0.0737. The van der Waals surface area contributed by atoms with E-state index >= 15 is 0 Å². The molecule has 6 heteroatoms. The first-order valence-electron chi connectivity index (χ1n) is 6.10. The maximum Gasteiger partial charge on any atom is 0.219 e. The third kappa shape index (κ3) is 8.41. The highest BCUT2D eigenvalue weighted by Gasteiger charge is 2.14. The van der Waals surface area contributed by atoms with Crippen molar-refractivity contribution in [3.05, 3.63) is 0 Å². The fourth-order valence-electron chi connectivity index (χ4n) is 1.22. The molecule has 18 heavy (non-hydrogen) atoms. The van der Waals surface area contributed by atoms with Gasteiger partial charge < -0.3 is 24.6 Å². The Kier molecular flexibility index (Phi) is 8.91. The molecule has 0 aliphatic heterocycles. The summed E-state index contributed by atoms with van der Waals surface area (Å²) < 4.78 is 10.8. The lowest BCUT2D eigenvalue weighted by molar-refractivity contribution is -0.130. The van der Waals surface area contributed by atoms with Crippen molar-refractivity contribution in [2.45, 2.75) is 39.1 Å². The summed E-state index contributed by atoms with van der Waals surface area (Å²) in [7, 11) is 1.65. The Hall–Kier alpha value is -0.690. The Morgan fingerprint density at radius 1 is 1.28 bits per heavy atom. The van der Waals surface area contributed by atoms with Gasteiger partial charge in [-0.3, -0.25) is 4.79 Å². The van der Waals surface area contributed by atoms with Crippen molar-refractivity contribution in [2.75, 3.05) is 33.4 Å². The second-order valence-corrected chi connectivity index (χ2v) is 4.53. The lowest BCUT2D eigenvalue weighted by atomic mass is 10.3. The fraction of sp³-hybridized carbons (Fsp3) is 0.917. The van der Waals surface area contributed by atoms with Crippen LogP contribution in [0.25, 0.3) is 0 Å². The molecule has 3 unspecified atom stereocenters. The molecule has 0 aromatic carbocycles. The monoisotopic (exact) mass is 263 g/mol. The van der Waals surface area contributed by atoms with Crippen LogP contribution in [0.5, 0.6) is 0 Å². The van der Waals surface area contributed by atoms with Gasteiger partial charge in [-0.25, -0.2) is 0 Å². The first-order chi connectivity index (χ1) is 8.36. The van der Waals surface area contributed by atoms with E-state index in [0.717, 1.165) is 0 Å². The zero-order valence-electron chi connectivity index (χ0n) is 11.6. The Morgan fingerprint density at radius 2 is 1.89 bits per heavy atom. The molecular weight excluding hydrogens is 238 g/mol. The standard InChI is InChI=1S/C12H25NO5/c1-9(15)7-17-10(2)8-18-12(6-14)5-13(4)11(3)16/h9-10,12,14-15H,5-8H2,1-4H3. The smallest absolute Gasteiger partial charge is 0.219 e. The van der Waals surface area contributed by atoms with Crippen LogP contribution in [0.1, 0.15) is 20.8 Å². The molecule has 0 heterocycles. The average Bonchev–Trinajstić information content (AvgIpc) is 2.31. The van der Waals surface area contributed by atoms with Gasteiger partial charge in [0.25, 0.3) is 0 Å². The molecule has 6 nitrogen and oxygen atoms in total. The lowest BCUT2D eigenvalue weighted by Gasteiger charge is -2.23. The number of rotatable bonds is 9. The van der Waals surface area contributed by atoms with Crippen LogP contribution in [-0.2, 0) is 14.3 Å². The van der Waals surface area contributed by atoms with Gasteiger partial charge in [0.15, 0.2) is 0 Å². The SMILES string of the molecule is CC(=O)N(C)CC(CO)OCC(C)OCC(C)O. The average molecular weight is 263 g/mol. The molecule has 108 valence electrons. The van der Waals surface area contributed by atoms with Crippen molar-refractivity contribution in [1.82, 2.24) is 4.90 Å². The van der Waals surface area contributed by atoms with Crippen molar-refractivity contribution in [3.8, 4) is 0 Å². The lowest BCUT2D eigenvalue weighted by Crippen LogP contribution is -2.37. The predicted molar refractivity (Wildman–Crippen MR) is 67.2 cm³/mol. The van der Waals surface area contributed by atoms with E-state index in [-0.39, 0.29) is 25.2 Å². The van der Waals surface area contributed by atoms with Gasteiger partial charge >= 0.3 is 0 Å². The van der Waals surface area contributed by atoms with Crippen LogP contribution in [0.15, 0.2) is 0 Å². The van der Waals surface area contributed by atoms with Crippen molar-refractivity contribution >= 4 is 5.91 Å². The number of amides is 1. The van der Waals surface area contributed by atoms with E-state index in [1.54, 1.807) is 14.0 Å². The summed E-state index contributed by atoms with van der Waals surface area (Å²) in [6.07, 6.45) is -1.10. The predicted octanol–water partition coefficient (Wildman–Crippen LogP) is -0.372. The molecule has 0 saturated carbocycles. The van der Waals surface area contributed by atoms with Gasteiger partial charge in [0.2, 0.25) is 5.91 Å². The second-order valence-electron chi connectivity index (χ2n) is 4.53. The summed E-state index contributed by atoms with van der Waals surface area (Å²) in [6, 6.07) is 0. The summed E-state index contributed by atoms with van der Waals surface area (Å²) in [4.78, 5) is 12.5. The molecule has 0 aromatic heterocycles. The molecule has 0 radical (unpaired) electrons. The van der Waals surface area contributed by atoms with Crippen LogP contribution < -0.4 is 0 Å². The quantitative estimate of drug-likeness (QED) is 0.593. The van der Waals surface area contributed by atoms with Crippen LogP contribution in [0.4, 0.5) is 0 Å². The zero-order valence-corrected chi connectivity index (χ0v) is 11.6. The van der Waals surface area contributed by atoms with E-state index in [9.17, 15) is 4.79 Å². The maximum absolute atomic E-state index is 11.0. The maximum atomic E-state index is 11.0. The Balaban J connectivity index is 3.88. The van der Waals surface area contributed by atoms with Crippen LogP contribution >= 0.6 is 0 Å². The number of hydrogen-bond donors (Lipinski definition) is 2. The number of nitrogens with zero attached hydrogens (tertiary/aromatic N) is 1. The van der Waals surface area contributed by atoms with Gasteiger partial charge in [0, 0.05) is 20.5 Å². The number of likely N-dealkylation sites (N-methyl/N-ethyl adjacent to an activating group) is 1. The highest BCUT2D eigenvalue weighted by Crippen LogP contribution is 2.00. The van der Waals surface area contributed by atoms with Crippen LogP contribution in [0.2, 0.25) is 0 Å². The number of ether oxygens (including phenoxy) is 2. The minimum atomic E-state index is -0.509. The zero-order chi connectivity index (χ0) is 14.1. The summed E-state index contributed by atoms with van der Waals surface area (Å²) >= 11 is 0. The molecule has 0 saturated heterocycles. The van der Waals surface area contributed by atoms with E-state index in [1.807, 2.05) is 6.92 Å². The number of carbonyl (C=O) groups is 1. The van der Waals surface area contributed by atoms with E-state index in [2.05, 4.69) is 0 Å². The molecule has 0 bridgehead atoms. The largest absolute Gasteiger partial charge is 0.394 e. The van der Waals surface area contributed by atoms with Crippen molar-refractivity contribution in [2.24, 2.45) is 0 Å². The summed E-state index contributed by atoms with van der Waals surface area (Å²) in [5.41, 5.74) is 0. The molecule has 0 aliphatic carbocycles. The van der Waals surface area contributed by atoms with Crippen molar-refractivity contribution < 1.29 is 24.5 Å². The Bertz CT molecular complexity index is 235. The third-order valence-corrected chi connectivity index (χ3v) is 2.41. The molecular formula is C12H25NO5. The van der Waals surface area contributed by atoms with E-state index < -0.39 is 12.2 Å². The van der Waals surface area contributed by atoms with Gasteiger partial charge in [0.1, 0.15) is 0 Å². The topological polar surface area (TPSA) is 79.2 Å². The van der Waals surface area contributed by atoms with Crippen LogP contribution in [0.3, 0.4) is 0 Å². The molecule has 2 N–H and O–H groups in total. The molecule has 0 spiro atoms. The Labute approximate surface area is 108 Å². The van der Waals surface area contributed by atoms with Crippen LogP contribution in [0, 0.1) is 0 Å². The number of hydrogen-bond acceptors (Lipinski definition) is 5. The minimum Gasteiger partial charge on any atom is -0.394 e. The van der Waals surface area contributed by atoms with E-state index in [0.29, 0.717) is 13.2 Å². The highest BCUT2D eigenvalue weighted by atomic mass is 16.5. The van der Waals surface area contributed by atoms with Gasteiger partial charge in [-0.1, -0.05) is 0 Å². The minimum absolute atomic E-state index is 0.0737. The molecule has 0 rings (SSSR count). The third-order valence-electron chi connectivity index (χ3n) is 2.41. The van der Waals surface area contributed by atoms with Gasteiger partial charge in [0.05, 0.1) is 38.1 Å². The number of aliphatic hydroxyl groups is 2. The first-order valence-corrected chi connectivity index (χ1v) is 6.10. The number of aliphatic hydroxyl groups excluding tert-OH is 2. The van der Waals surface area contributed by atoms with Crippen molar-refractivity contribution in [3.63, 3.8) is 0 Å². The van der Waals surface area contributed by atoms with Crippen molar-refractivity contribution in [1.29, 1.82) is 0 Å². The van der Waals surface area contributed by atoms with Gasteiger partial charge in [-0.05, 0) is 13.8 Å². The Morgan fingerprint density at radius 3 is 2.33 bits per heavy atom. The first kappa shape index (κ1) is 17.3. The highest BCUT2D eigenvalue weighted by molar-refractivity contribution is 5.72. The molecule has 0 fully saturated rings. The molecule has 0 aliphatic rings. The van der Waals surface area contributed by atoms with Gasteiger partial charge in [-0.15, -0.1) is 0 Å². The van der Waals surface area contributed by atoms with E-state index in [4.69, 9.17) is 19.7 Å². The van der Waals surface area contributed by atoms with E-state index in [1.165, 1.54) is 11.8 Å². The van der Waals surface area contributed by atoms with Crippen LogP contribution in [-0.4, -0.2) is 72.7 Å². The second kappa shape index (κ2) is 9.27. The van der Waals surface area contributed by atoms with Gasteiger partial charge in [-0.2, -0.15) is 0 Å². The molecule has 0 aromatic rings. The fourth-order valence-corrected chi connectivity index (χ4v) is 1.22. The molecule has 1 amide bonds. The molecule has 3 atom stereocenters. The summed E-state index contributed by atoms with van der Waals surface area (Å²) in [5, 5.41) is 18.2. The summed E-state index contributed by atoms with van der Waals surface area (Å²) in [6.45, 7) is 5.68.